The summed E-state index contributed by atoms with van der Waals surface area (Å²) in [6.45, 7) is 0.0120. The number of halogens is 1. The third-order valence-corrected chi connectivity index (χ3v) is 3.03. The van der Waals surface area contributed by atoms with Crippen LogP contribution >= 0.6 is 0 Å². The van der Waals surface area contributed by atoms with Crippen LogP contribution in [-0.4, -0.2) is 6.79 Å². The molecule has 1 aliphatic heterocycles. The molecule has 1 aliphatic rings. The van der Waals surface area contributed by atoms with Gasteiger partial charge in [-0.15, -0.1) is 0 Å². The maximum Gasteiger partial charge on any atom is 0.231 e. The van der Waals surface area contributed by atoms with E-state index >= 15 is 0 Å². The van der Waals surface area contributed by atoms with Crippen LogP contribution < -0.4 is 9.47 Å². The first kappa shape index (κ1) is 11.6. The van der Waals surface area contributed by atoms with Crippen LogP contribution in [0.4, 0.5) is 4.39 Å². The summed E-state index contributed by atoms with van der Waals surface area (Å²) in [4.78, 5) is 10.6. The maximum absolute atomic E-state index is 13.9. The number of rotatable bonds is 3. The molecule has 0 unspecified atom stereocenters. The molecular formula is C14H10FNO3. The summed E-state index contributed by atoms with van der Waals surface area (Å²) in [5, 5.41) is 2.89. The first-order valence-electron chi connectivity index (χ1n) is 5.76. The Hall–Kier alpha value is -2.43. The molecule has 2 aromatic rings. The van der Waals surface area contributed by atoms with Crippen molar-refractivity contribution in [3.63, 3.8) is 0 Å². The standard InChI is InChI=1S/C14H10FNO3/c15-12-4-2-1-3-10(12)9-5-6-13-14(19-8-18-13)11(9)7-16-17/h1-6H,7-8H2. The first-order valence-corrected chi connectivity index (χ1v) is 5.76. The molecule has 0 radical (unpaired) electrons. The van der Waals surface area contributed by atoms with E-state index in [4.69, 9.17) is 9.47 Å². The average Bonchev–Trinajstić information content (AvgIpc) is 2.89. The summed E-state index contributed by atoms with van der Waals surface area (Å²) < 4.78 is 24.5. The minimum Gasteiger partial charge on any atom is -0.454 e. The van der Waals surface area contributed by atoms with Crippen molar-refractivity contribution in [2.45, 2.75) is 6.54 Å². The van der Waals surface area contributed by atoms with Crippen LogP contribution in [-0.2, 0) is 6.54 Å². The second kappa shape index (κ2) is 4.68. The zero-order chi connectivity index (χ0) is 13.2. The van der Waals surface area contributed by atoms with Gasteiger partial charge in [-0.2, -0.15) is 4.91 Å². The van der Waals surface area contributed by atoms with Gasteiger partial charge < -0.3 is 9.47 Å². The predicted octanol–water partition coefficient (Wildman–Crippen LogP) is 3.49. The van der Waals surface area contributed by atoms with Crippen molar-refractivity contribution in [1.29, 1.82) is 0 Å². The van der Waals surface area contributed by atoms with E-state index in [9.17, 15) is 9.30 Å². The number of fused-ring (bicyclic) bond motifs is 1. The fourth-order valence-corrected chi connectivity index (χ4v) is 2.18. The molecule has 4 nitrogen and oxygen atoms in total. The molecule has 0 saturated carbocycles. The van der Waals surface area contributed by atoms with Gasteiger partial charge in [0, 0.05) is 11.1 Å². The Morgan fingerprint density at radius 3 is 2.74 bits per heavy atom. The van der Waals surface area contributed by atoms with Gasteiger partial charge in [-0.3, -0.25) is 0 Å². The minimum absolute atomic E-state index is 0.0871. The average molecular weight is 259 g/mol. The number of hydrogen-bond acceptors (Lipinski definition) is 4. The number of hydrogen-bond donors (Lipinski definition) is 0. The lowest BCUT2D eigenvalue weighted by atomic mass is 9.98. The van der Waals surface area contributed by atoms with Gasteiger partial charge >= 0.3 is 0 Å². The van der Waals surface area contributed by atoms with Crippen molar-refractivity contribution in [2.75, 3.05) is 6.79 Å². The van der Waals surface area contributed by atoms with Gasteiger partial charge in [0.15, 0.2) is 11.5 Å². The highest BCUT2D eigenvalue weighted by molar-refractivity contribution is 5.73. The Balaban J connectivity index is 2.21. The molecule has 0 atom stereocenters. The highest BCUT2D eigenvalue weighted by Crippen LogP contribution is 2.42. The lowest BCUT2D eigenvalue weighted by Crippen LogP contribution is -1.96. The van der Waals surface area contributed by atoms with Gasteiger partial charge in [0.05, 0.1) is 0 Å². The van der Waals surface area contributed by atoms with Crippen LogP contribution in [0.1, 0.15) is 5.56 Å². The summed E-state index contributed by atoms with van der Waals surface area (Å²) >= 11 is 0. The summed E-state index contributed by atoms with van der Waals surface area (Å²) in [5.41, 5.74) is 1.57. The molecule has 96 valence electrons. The molecule has 5 heteroatoms. The topological polar surface area (TPSA) is 47.9 Å². The maximum atomic E-state index is 13.9. The van der Waals surface area contributed by atoms with E-state index in [0.29, 0.717) is 28.2 Å². The minimum atomic E-state index is -0.353. The normalized spacial score (nSPS) is 12.5. The third kappa shape index (κ3) is 1.93. The van der Waals surface area contributed by atoms with Crippen LogP contribution in [0, 0.1) is 10.7 Å². The number of benzene rings is 2. The zero-order valence-electron chi connectivity index (χ0n) is 9.93. The Morgan fingerprint density at radius 1 is 1.11 bits per heavy atom. The second-order valence-corrected chi connectivity index (χ2v) is 4.09. The smallest absolute Gasteiger partial charge is 0.231 e. The van der Waals surface area contributed by atoms with Crippen LogP contribution in [0.2, 0.25) is 0 Å². The fraction of sp³-hybridized carbons (Fsp3) is 0.143. The van der Waals surface area contributed by atoms with Crippen molar-refractivity contribution in [3.05, 3.63) is 52.7 Å². The quantitative estimate of drug-likeness (QED) is 0.793. The van der Waals surface area contributed by atoms with E-state index in [-0.39, 0.29) is 19.2 Å². The largest absolute Gasteiger partial charge is 0.454 e. The van der Waals surface area contributed by atoms with E-state index in [1.165, 1.54) is 6.07 Å². The summed E-state index contributed by atoms with van der Waals surface area (Å²) in [6.07, 6.45) is 0. The van der Waals surface area contributed by atoms with Crippen LogP contribution in [0.3, 0.4) is 0 Å². The molecule has 3 rings (SSSR count). The number of nitroso groups, excluding NO2 is 1. The molecule has 0 bridgehead atoms. The van der Waals surface area contributed by atoms with Crippen LogP contribution in [0.25, 0.3) is 11.1 Å². The first-order chi connectivity index (χ1) is 9.31. The highest BCUT2D eigenvalue weighted by Gasteiger charge is 2.22. The van der Waals surface area contributed by atoms with E-state index in [2.05, 4.69) is 5.18 Å². The third-order valence-electron chi connectivity index (χ3n) is 3.03. The Kier molecular flexibility index (Phi) is 2.87. The van der Waals surface area contributed by atoms with Gasteiger partial charge in [0.25, 0.3) is 0 Å². The van der Waals surface area contributed by atoms with Gasteiger partial charge in [-0.25, -0.2) is 4.39 Å². The fourth-order valence-electron chi connectivity index (χ4n) is 2.18. The molecular weight excluding hydrogens is 249 g/mol. The van der Waals surface area contributed by atoms with Crippen LogP contribution in [0.5, 0.6) is 11.5 Å². The molecule has 0 aliphatic carbocycles. The van der Waals surface area contributed by atoms with Crippen molar-refractivity contribution in [3.8, 4) is 22.6 Å². The van der Waals surface area contributed by atoms with Gasteiger partial charge in [0.2, 0.25) is 6.79 Å². The summed E-state index contributed by atoms with van der Waals surface area (Å²) in [6, 6.07) is 9.80. The zero-order valence-corrected chi connectivity index (χ0v) is 9.93. The molecule has 19 heavy (non-hydrogen) atoms. The van der Waals surface area contributed by atoms with Gasteiger partial charge in [0.1, 0.15) is 12.4 Å². The number of nitrogens with zero attached hydrogens (tertiary/aromatic N) is 1. The van der Waals surface area contributed by atoms with Gasteiger partial charge in [-0.1, -0.05) is 23.4 Å². The Morgan fingerprint density at radius 2 is 1.95 bits per heavy atom. The monoisotopic (exact) mass is 259 g/mol. The van der Waals surface area contributed by atoms with Crippen molar-refractivity contribution < 1.29 is 13.9 Å². The molecule has 0 aromatic heterocycles. The number of ether oxygens (including phenoxy) is 2. The molecule has 2 aromatic carbocycles. The van der Waals surface area contributed by atoms with Crippen molar-refractivity contribution in [2.24, 2.45) is 5.18 Å². The van der Waals surface area contributed by atoms with Crippen molar-refractivity contribution >= 4 is 0 Å². The molecule has 0 N–H and O–H groups in total. The van der Waals surface area contributed by atoms with Gasteiger partial charge in [-0.05, 0) is 23.8 Å². The second-order valence-electron chi connectivity index (χ2n) is 4.09. The molecule has 0 amide bonds. The van der Waals surface area contributed by atoms with E-state index in [1.54, 1.807) is 30.3 Å². The molecule has 0 spiro atoms. The lowest BCUT2D eigenvalue weighted by molar-refractivity contribution is 0.173. The highest BCUT2D eigenvalue weighted by atomic mass is 19.1. The molecule has 1 heterocycles. The Bertz CT molecular complexity index is 643. The predicted molar refractivity (Wildman–Crippen MR) is 67.5 cm³/mol. The SMILES string of the molecule is O=NCc1c(-c2ccccc2F)ccc2c1OCO2. The molecule has 0 fully saturated rings. The lowest BCUT2D eigenvalue weighted by Gasteiger charge is -2.10. The van der Waals surface area contributed by atoms with Crippen molar-refractivity contribution in [1.82, 2.24) is 0 Å². The summed E-state index contributed by atoms with van der Waals surface area (Å²) in [5.74, 6) is 0.674. The molecule has 0 saturated heterocycles. The van der Waals surface area contributed by atoms with E-state index in [1.807, 2.05) is 0 Å². The summed E-state index contributed by atoms with van der Waals surface area (Å²) in [7, 11) is 0. The Labute approximate surface area is 108 Å². The van der Waals surface area contributed by atoms with E-state index in [0.717, 1.165) is 0 Å². The van der Waals surface area contributed by atoms with E-state index < -0.39 is 0 Å². The van der Waals surface area contributed by atoms with Crippen LogP contribution in [0.15, 0.2) is 41.6 Å².